The van der Waals surface area contributed by atoms with Gasteiger partial charge in [0.15, 0.2) is 16.8 Å². The largest absolute Gasteiger partial charge is 0.385 e. The molecule has 1 aromatic carbocycles. The van der Waals surface area contributed by atoms with Gasteiger partial charge in [-0.2, -0.15) is 4.98 Å². The van der Waals surface area contributed by atoms with Gasteiger partial charge < -0.3 is 13.8 Å². The van der Waals surface area contributed by atoms with Crippen LogP contribution in [0.4, 0.5) is 0 Å². The summed E-state index contributed by atoms with van der Waals surface area (Å²) in [5.41, 5.74) is 0.795. The predicted molar refractivity (Wildman–Crippen MR) is 114 cm³/mol. The highest BCUT2D eigenvalue weighted by Gasteiger charge is 2.17. The molecule has 0 bridgehead atoms. The van der Waals surface area contributed by atoms with Gasteiger partial charge >= 0.3 is 0 Å². The highest BCUT2D eigenvalue weighted by Crippen LogP contribution is 2.29. The first-order valence-electron chi connectivity index (χ1n) is 8.92. The minimum Gasteiger partial charge on any atom is -0.385 e. The molecular formula is C19H18ClN5O2S2. The number of ether oxygens (including phenoxy) is 1. The third-order valence-electron chi connectivity index (χ3n) is 4.06. The Bertz CT molecular complexity index is 1060. The lowest BCUT2D eigenvalue weighted by atomic mass is 10.2. The number of rotatable bonds is 9. The third-order valence-corrected chi connectivity index (χ3v) is 6.12. The van der Waals surface area contributed by atoms with Crippen molar-refractivity contribution < 1.29 is 9.26 Å². The lowest BCUT2D eigenvalue weighted by Crippen LogP contribution is -2.05. The van der Waals surface area contributed by atoms with Crippen LogP contribution in [-0.4, -0.2) is 38.6 Å². The number of halogens is 1. The van der Waals surface area contributed by atoms with Crippen LogP contribution in [0.15, 0.2) is 51.5 Å². The molecule has 4 aromatic rings. The molecule has 3 aromatic heterocycles. The molecule has 0 unspecified atom stereocenters. The van der Waals surface area contributed by atoms with E-state index >= 15 is 0 Å². The smallest absolute Gasteiger partial charge is 0.258 e. The molecule has 0 amide bonds. The average molecular weight is 448 g/mol. The molecule has 4 rings (SSSR count). The number of aromatic nitrogens is 5. The molecule has 0 fully saturated rings. The van der Waals surface area contributed by atoms with Gasteiger partial charge in [0.2, 0.25) is 0 Å². The van der Waals surface area contributed by atoms with Crippen LogP contribution >= 0.6 is 34.7 Å². The van der Waals surface area contributed by atoms with Crippen molar-refractivity contribution in [2.75, 3.05) is 13.7 Å². The summed E-state index contributed by atoms with van der Waals surface area (Å²) >= 11 is 9.21. The van der Waals surface area contributed by atoms with Crippen LogP contribution in [0.3, 0.4) is 0 Å². The van der Waals surface area contributed by atoms with Crippen molar-refractivity contribution in [1.82, 2.24) is 24.9 Å². The summed E-state index contributed by atoms with van der Waals surface area (Å²) in [4.78, 5) is 5.55. The topological polar surface area (TPSA) is 78.9 Å². The van der Waals surface area contributed by atoms with Gasteiger partial charge in [0, 0.05) is 30.8 Å². The van der Waals surface area contributed by atoms with E-state index in [1.165, 1.54) is 11.8 Å². The maximum Gasteiger partial charge on any atom is 0.258 e. The van der Waals surface area contributed by atoms with E-state index in [1.54, 1.807) is 30.6 Å². The van der Waals surface area contributed by atoms with Gasteiger partial charge in [0.1, 0.15) is 0 Å². The molecule has 3 heterocycles. The van der Waals surface area contributed by atoms with Gasteiger partial charge in [0.25, 0.3) is 5.89 Å². The van der Waals surface area contributed by atoms with Crippen LogP contribution < -0.4 is 0 Å². The van der Waals surface area contributed by atoms with Gasteiger partial charge in [-0.1, -0.05) is 40.7 Å². The Morgan fingerprint density at radius 3 is 2.97 bits per heavy atom. The van der Waals surface area contributed by atoms with Gasteiger partial charge in [-0.3, -0.25) is 0 Å². The number of thiophene rings is 1. The quantitative estimate of drug-likeness (QED) is 0.262. The fraction of sp³-hybridized carbons (Fsp3) is 0.263. The summed E-state index contributed by atoms with van der Waals surface area (Å²) in [6.07, 6.45) is 0.877. The number of hydrogen-bond donors (Lipinski definition) is 0. The Balaban J connectivity index is 1.49. The molecule has 0 radical (unpaired) electrons. The minimum absolute atomic E-state index is 0.448. The third kappa shape index (κ3) is 4.87. The summed E-state index contributed by atoms with van der Waals surface area (Å²) in [5.74, 6) is 2.43. The summed E-state index contributed by atoms with van der Waals surface area (Å²) in [6, 6.07) is 11.4. The van der Waals surface area contributed by atoms with Crippen molar-refractivity contribution in [2.24, 2.45) is 0 Å². The second-order valence-electron chi connectivity index (χ2n) is 6.10. The van der Waals surface area contributed by atoms with Crippen molar-refractivity contribution in [1.29, 1.82) is 0 Å². The fourth-order valence-corrected chi connectivity index (χ4v) is 4.45. The second kappa shape index (κ2) is 9.53. The Morgan fingerprint density at radius 2 is 2.17 bits per heavy atom. The molecule has 150 valence electrons. The van der Waals surface area contributed by atoms with Gasteiger partial charge in [-0.25, -0.2) is 0 Å². The normalized spacial score (nSPS) is 11.2. The molecule has 0 aliphatic heterocycles. The van der Waals surface area contributed by atoms with Crippen molar-refractivity contribution >= 4 is 34.7 Å². The summed E-state index contributed by atoms with van der Waals surface area (Å²) in [5, 5.41) is 16.3. The number of hydrogen-bond acceptors (Lipinski definition) is 8. The molecule has 7 nitrogen and oxygen atoms in total. The van der Waals surface area contributed by atoms with Gasteiger partial charge in [-0.15, -0.1) is 21.5 Å². The second-order valence-corrected chi connectivity index (χ2v) is 8.42. The van der Waals surface area contributed by atoms with E-state index in [2.05, 4.69) is 24.9 Å². The zero-order chi connectivity index (χ0) is 20.1. The van der Waals surface area contributed by atoms with E-state index in [0.29, 0.717) is 29.1 Å². The van der Waals surface area contributed by atoms with Crippen molar-refractivity contribution in [3.63, 3.8) is 0 Å². The van der Waals surface area contributed by atoms with E-state index in [1.807, 2.05) is 29.6 Å². The molecule has 29 heavy (non-hydrogen) atoms. The van der Waals surface area contributed by atoms with Crippen LogP contribution in [0.5, 0.6) is 0 Å². The highest BCUT2D eigenvalue weighted by molar-refractivity contribution is 7.98. The predicted octanol–water partition coefficient (Wildman–Crippen LogP) is 5.04. The first-order chi connectivity index (χ1) is 14.2. The lowest BCUT2D eigenvalue weighted by Gasteiger charge is -2.08. The van der Waals surface area contributed by atoms with Crippen LogP contribution in [0.1, 0.15) is 12.2 Å². The Hall–Kier alpha value is -2.20. The van der Waals surface area contributed by atoms with Crippen LogP contribution in [-0.2, 0) is 17.0 Å². The summed E-state index contributed by atoms with van der Waals surface area (Å²) < 4.78 is 12.7. The molecule has 0 saturated carbocycles. The van der Waals surface area contributed by atoms with E-state index in [4.69, 9.17) is 20.9 Å². The van der Waals surface area contributed by atoms with Crippen molar-refractivity contribution in [3.05, 3.63) is 52.6 Å². The fourth-order valence-electron chi connectivity index (χ4n) is 2.73. The highest BCUT2D eigenvalue weighted by atomic mass is 35.5. The first kappa shape index (κ1) is 20.1. The number of methoxy groups -OCH3 is 1. The summed E-state index contributed by atoms with van der Waals surface area (Å²) in [6.45, 7) is 1.45. The lowest BCUT2D eigenvalue weighted by molar-refractivity contribution is 0.189. The standard InChI is InChI=1S/C19H18ClN5O2S2/c1-26-9-4-8-25-17(15-7-3-10-28-15)22-23-19(25)29-12-16-21-18(27-24-16)13-5-2-6-14(20)11-13/h2-3,5-7,10-11H,4,8-9,12H2,1H3. The molecule has 10 heteroatoms. The molecule has 0 saturated heterocycles. The SMILES string of the molecule is COCCCn1c(SCc2noc(-c3cccc(Cl)c3)n2)nnc1-c1cccs1. The Kier molecular flexibility index (Phi) is 6.60. The number of thioether (sulfide) groups is 1. The minimum atomic E-state index is 0.448. The molecule has 0 aliphatic rings. The molecular weight excluding hydrogens is 430 g/mol. The van der Waals surface area contributed by atoms with Crippen molar-refractivity contribution in [3.8, 4) is 22.2 Å². The molecule has 0 spiro atoms. The van der Waals surface area contributed by atoms with E-state index in [0.717, 1.165) is 34.4 Å². The van der Waals surface area contributed by atoms with Crippen LogP contribution in [0.25, 0.3) is 22.2 Å². The Morgan fingerprint density at radius 1 is 1.24 bits per heavy atom. The number of benzene rings is 1. The number of nitrogens with zero attached hydrogens (tertiary/aromatic N) is 5. The molecule has 0 atom stereocenters. The molecule has 0 N–H and O–H groups in total. The zero-order valence-electron chi connectivity index (χ0n) is 15.6. The van der Waals surface area contributed by atoms with Crippen molar-refractivity contribution in [2.45, 2.75) is 23.9 Å². The van der Waals surface area contributed by atoms with Gasteiger partial charge in [-0.05, 0) is 36.1 Å². The van der Waals surface area contributed by atoms with Gasteiger partial charge in [0.05, 0.1) is 10.6 Å². The Labute approximate surface area is 181 Å². The molecule has 0 aliphatic carbocycles. The monoisotopic (exact) mass is 447 g/mol. The average Bonchev–Trinajstić information content (AvgIpc) is 3.47. The van der Waals surface area contributed by atoms with Crippen LogP contribution in [0.2, 0.25) is 5.02 Å². The van der Waals surface area contributed by atoms with E-state index in [-0.39, 0.29) is 0 Å². The van der Waals surface area contributed by atoms with E-state index in [9.17, 15) is 0 Å². The van der Waals surface area contributed by atoms with Crippen LogP contribution in [0, 0.1) is 0 Å². The maximum atomic E-state index is 6.04. The first-order valence-corrected chi connectivity index (χ1v) is 11.2. The summed E-state index contributed by atoms with van der Waals surface area (Å²) in [7, 11) is 1.70. The van der Waals surface area contributed by atoms with E-state index < -0.39 is 0 Å². The zero-order valence-corrected chi connectivity index (χ0v) is 18.0. The maximum absolute atomic E-state index is 6.04.